The zero-order chi connectivity index (χ0) is 32.2. The van der Waals surface area contributed by atoms with E-state index in [9.17, 15) is 14.4 Å². The van der Waals surface area contributed by atoms with Gasteiger partial charge in [-0.15, -0.1) is 11.8 Å². The van der Waals surface area contributed by atoms with Gasteiger partial charge in [0.1, 0.15) is 17.0 Å². The Morgan fingerprint density at radius 3 is 2.57 bits per heavy atom. The van der Waals surface area contributed by atoms with Crippen molar-refractivity contribution in [2.24, 2.45) is 11.5 Å². The van der Waals surface area contributed by atoms with Crippen LogP contribution >= 0.6 is 11.8 Å². The Balaban J connectivity index is 1.16. The van der Waals surface area contributed by atoms with Crippen molar-refractivity contribution >= 4 is 35.0 Å². The van der Waals surface area contributed by atoms with E-state index in [1.54, 1.807) is 18.2 Å². The van der Waals surface area contributed by atoms with Crippen LogP contribution in [0, 0.1) is 6.92 Å². The van der Waals surface area contributed by atoms with Gasteiger partial charge in [0.25, 0.3) is 0 Å². The first-order chi connectivity index (χ1) is 22.2. The molecule has 3 aromatic rings. The lowest BCUT2D eigenvalue weighted by atomic mass is 9.64. The maximum Gasteiger partial charge on any atom is 0.239 e. The number of likely N-dealkylation sites (tertiary alicyclic amines) is 1. The third-order valence-electron chi connectivity index (χ3n) is 9.93. The highest BCUT2D eigenvalue weighted by atomic mass is 32.2. The summed E-state index contributed by atoms with van der Waals surface area (Å²) in [6.45, 7) is 3.90. The van der Waals surface area contributed by atoms with Crippen LogP contribution in [0.15, 0.2) is 65.6 Å². The average molecular weight is 641 g/mol. The zero-order valence-electron chi connectivity index (χ0n) is 25.8. The summed E-state index contributed by atoms with van der Waals surface area (Å²) in [6, 6.07) is 17.2. The molecule has 0 spiro atoms. The van der Waals surface area contributed by atoms with Crippen molar-refractivity contribution < 1.29 is 19.1 Å². The largest absolute Gasteiger partial charge is 0.457 e. The van der Waals surface area contributed by atoms with Crippen molar-refractivity contribution in [1.29, 1.82) is 0 Å². The number of piperidine rings is 1. The summed E-state index contributed by atoms with van der Waals surface area (Å²) in [6.07, 6.45) is 3.42. The lowest BCUT2D eigenvalue weighted by Crippen LogP contribution is -2.61. The van der Waals surface area contributed by atoms with Gasteiger partial charge >= 0.3 is 0 Å². The van der Waals surface area contributed by atoms with Crippen molar-refractivity contribution in [3.63, 3.8) is 0 Å². The van der Waals surface area contributed by atoms with E-state index in [-0.39, 0.29) is 29.7 Å². The molecule has 1 aliphatic carbocycles. The van der Waals surface area contributed by atoms with E-state index in [0.717, 1.165) is 48.3 Å². The van der Waals surface area contributed by atoms with Crippen LogP contribution in [0.5, 0.6) is 11.5 Å². The molecular formula is C35H40N6O4S. The molecule has 240 valence electrons. The van der Waals surface area contributed by atoms with Gasteiger partial charge in [0.2, 0.25) is 11.8 Å². The number of nitrogens with two attached hydrogens (primary N) is 3. The first-order valence-corrected chi connectivity index (χ1v) is 16.9. The molecule has 0 aromatic heterocycles. The van der Waals surface area contributed by atoms with E-state index in [4.69, 9.17) is 21.9 Å². The molecule has 3 heterocycles. The number of ether oxygens (including phenoxy) is 1. The number of thioether (sulfide) groups is 1. The number of ketones is 1. The van der Waals surface area contributed by atoms with Gasteiger partial charge in [0.05, 0.1) is 17.3 Å². The van der Waals surface area contributed by atoms with E-state index in [0.29, 0.717) is 41.4 Å². The highest BCUT2D eigenvalue weighted by molar-refractivity contribution is 8.01. The molecule has 3 aromatic carbocycles. The minimum absolute atomic E-state index is 0.102. The minimum atomic E-state index is -1.53. The summed E-state index contributed by atoms with van der Waals surface area (Å²) in [5.41, 5.74) is 22.2. The summed E-state index contributed by atoms with van der Waals surface area (Å²) in [5, 5.41) is 5.82. The summed E-state index contributed by atoms with van der Waals surface area (Å²) in [4.78, 5) is 43.9. The van der Waals surface area contributed by atoms with Gasteiger partial charge in [0, 0.05) is 35.6 Å². The third kappa shape index (κ3) is 5.15. The van der Waals surface area contributed by atoms with Gasteiger partial charge in [-0.05, 0) is 91.7 Å². The molecule has 7 rings (SSSR count). The Morgan fingerprint density at radius 1 is 1.04 bits per heavy atom. The maximum atomic E-state index is 14.3. The Labute approximate surface area is 272 Å². The molecule has 2 fully saturated rings. The Morgan fingerprint density at radius 2 is 1.83 bits per heavy atom. The number of hydrogen-bond acceptors (Lipinski definition) is 9. The number of hydrogen-bond donors (Lipinski definition) is 5. The van der Waals surface area contributed by atoms with Gasteiger partial charge in [-0.2, -0.15) is 0 Å². The van der Waals surface area contributed by atoms with Gasteiger partial charge in [-0.25, -0.2) is 0 Å². The fourth-order valence-electron chi connectivity index (χ4n) is 7.66. The molecule has 0 bridgehead atoms. The number of nitrogens with one attached hydrogen (secondary N) is 2. The smallest absolute Gasteiger partial charge is 0.239 e. The predicted octanol–water partition coefficient (Wildman–Crippen LogP) is 2.90. The number of aryl methyl sites for hydroxylation is 1. The number of rotatable bonds is 6. The summed E-state index contributed by atoms with van der Waals surface area (Å²) in [7, 11) is 0. The molecule has 11 heteroatoms. The molecule has 8 N–H and O–H groups in total. The summed E-state index contributed by atoms with van der Waals surface area (Å²) in [5.74, 6) is 0.282. The first kappa shape index (κ1) is 30.7. The quantitative estimate of drug-likeness (QED) is 0.255. The molecule has 6 atom stereocenters. The molecule has 2 saturated heterocycles. The number of benzene rings is 3. The van der Waals surface area contributed by atoms with E-state index >= 15 is 0 Å². The van der Waals surface area contributed by atoms with E-state index in [2.05, 4.69) is 10.6 Å². The fraction of sp³-hybridized carbons (Fsp3) is 0.400. The van der Waals surface area contributed by atoms with Crippen LogP contribution in [0.3, 0.4) is 0 Å². The lowest BCUT2D eigenvalue weighted by molar-refractivity contribution is -0.135. The van der Waals surface area contributed by atoms with Gasteiger partial charge in [0.15, 0.2) is 5.78 Å². The molecule has 0 radical (unpaired) electrons. The third-order valence-corrected chi connectivity index (χ3v) is 11.4. The van der Waals surface area contributed by atoms with Gasteiger partial charge < -0.3 is 37.5 Å². The van der Waals surface area contributed by atoms with Crippen LogP contribution in [-0.2, 0) is 19.9 Å². The topological polar surface area (TPSA) is 166 Å². The second kappa shape index (κ2) is 12.0. The molecule has 0 saturated carbocycles. The number of nitrogen functional groups attached to an aromatic ring is 1. The Kier molecular flexibility index (Phi) is 8.04. The number of para-hydroxylation sites is 1. The summed E-state index contributed by atoms with van der Waals surface area (Å²) < 4.78 is 6.02. The summed E-state index contributed by atoms with van der Waals surface area (Å²) >= 11 is 1.35. The van der Waals surface area contributed by atoms with Gasteiger partial charge in [-0.1, -0.05) is 30.3 Å². The Hall–Kier alpha value is -3.90. The van der Waals surface area contributed by atoms with Crippen LogP contribution in [0.2, 0.25) is 0 Å². The number of carbonyl (C=O) groups excluding carboxylic acids is 3. The van der Waals surface area contributed by atoms with Crippen LogP contribution in [0.1, 0.15) is 53.9 Å². The average Bonchev–Trinajstić information content (AvgIpc) is 3.74. The Bertz CT molecular complexity index is 1700. The number of carbonyl (C=O) groups is 3. The van der Waals surface area contributed by atoms with Crippen LogP contribution in [0.25, 0.3) is 0 Å². The number of nitrogens with zero attached hydrogens (tertiary/aromatic N) is 1. The highest BCUT2D eigenvalue weighted by Crippen LogP contribution is 2.56. The first-order valence-electron chi connectivity index (χ1n) is 16.0. The van der Waals surface area contributed by atoms with Crippen molar-refractivity contribution in [2.75, 3.05) is 25.4 Å². The monoisotopic (exact) mass is 640 g/mol. The predicted molar refractivity (Wildman–Crippen MR) is 178 cm³/mol. The molecule has 3 aliphatic heterocycles. The highest BCUT2D eigenvalue weighted by Gasteiger charge is 2.57. The molecular weight excluding hydrogens is 600 g/mol. The normalized spacial score (nSPS) is 28.5. The van der Waals surface area contributed by atoms with E-state index in [1.807, 2.05) is 54.3 Å². The van der Waals surface area contributed by atoms with Crippen LogP contribution < -0.4 is 32.6 Å². The van der Waals surface area contributed by atoms with E-state index in [1.165, 1.54) is 11.8 Å². The second-order valence-corrected chi connectivity index (χ2v) is 14.0. The van der Waals surface area contributed by atoms with Gasteiger partial charge in [-0.3, -0.25) is 14.4 Å². The van der Waals surface area contributed by atoms with Crippen molar-refractivity contribution in [2.45, 2.75) is 72.3 Å². The van der Waals surface area contributed by atoms with Crippen molar-refractivity contribution in [3.8, 4) is 11.5 Å². The SMILES string of the molecule is Cc1cc(Oc2ccccc2)ccc1C1(N)C(=O)C(N)C2c3c1ccc(N)c3SC2C(=O)N[C@@H]1CCCN(C(=O)[C@H]2CCCN2)C1. The molecule has 4 unspecified atom stereocenters. The number of amides is 2. The zero-order valence-corrected chi connectivity index (χ0v) is 26.6. The van der Waals surface area contributed by atoms with Crippen molar-refractivity contribution in [3.05, 3.63) is 82.9 Å². The second-order valence-electron chi connectivity index (χ2n) is 12.9. The number of Topliss-reactive ketones (excluding diaryl/α,β-unsaturated/α-hetero) is 1. The van der Waals surface area contributed by atoms with Crippen LogP contribution in [-0.4, -0.2) is 65.5 Å². The van der Waals surface area contributed by atoms with E-state index < -0.39 is 22.7 Å². The minimum Gasteiger partial charge on any atom is -0.457 e. The maximum absolute atomic E-state index is 14.3. The fourth-order valence-corrected chi connectivity index (χ4v) is 9.11. The molecule has 4 aliphatic rings. The van der Waals surface area contributed by atoms with Crippen LogP contribution in [0.4, 0.5) is 5.69 Å². The standard InChI is InChI=1S/C35H40N6O4S/c1-19-17-22(45-21-8-3-2-4-9-21)11-12-23(19)35(38)24-13-14-25(36)30-27(24)28(29(37)32(35)42)31(46-30)33(43)40-20-7-6-16-41(18-20)34(44)26-10-5-15-39-26/h2-4,8-9,11-14,17,20,26,28-29,31,39H,5-7,10,15-16,18,36-38H2,1H3,(H,40,43)/t20-,26-,28?,29?,31?,35?/m1/s1. The lowest BCUT2D eigenvalue weighted by Gasteiger charge is -2.42. The molecule has 2 amide bonds. The molecule has 46 heavy (non-hydrogen) atoms. The van der Waals surface area contributed by atoms with Crippen molar-refractivity contribution in [1.82, 2.24) is 15.5 Å². The molecule has 10 nitrogen and oxygen atoms in total. The number of anilines is 1.